The third kappa shape index (κ3) is 48.4. The highest BCUT2D eigenvalue weighted by molar-refractivity contribution is 7.45. The molecular weight excluding hydrogens is 816 g/mol. The summed E-state index contributed by atoms with van der Waals surface area (Å²) < 4.78 is 23.4. The average Bonchev–Trinajstić information content (AvgIpc) is 3.25. The van der Waals surface area contributed by atoms with Gasteiger partial charge in [0, 0.05) is 6.42 Å². The number of rotatable bonds is 49. The van der Waals surface area contributed by atoms with Gasteiger partial charge in [-0.2, -0.15) is 0 Å². The van der Waals surface area contributed by atoms with E-state index in [9.17, 15) is 19.4 Å². The monoisotopic (exact) mass is 921 g/mol. The van der Waals surface area contributed by atoms with Gasteiger partial charge in [0.05, 0.1) is 39.9 Å². The Bertz CT molecular complexity index is 1180. The van der Waals surface area contributed by atoms with Crippen LogP contribution < -0.4 is 10.2 Å². The highest BCUT2D eigenvalue weighted by Crippen LogP contribution is 2.38. The van der Waals surface area contributed by atoms with Gasteiger partial charge in [0.1, 0.15) is 13.2 Å². The van der Waals surface area contributed by atoms with Crippen molar-refractivity contribution >= 4 is 13.7 Å². The van der Waals surface area contributed by atoms with Gasteiger partial charge in [-0.05, 0) is 51.4 Å². The molecule has 0 aliphatic rings. The van der Waals surface area contributed by atoms with E-state index in [0.717, 1.165) is 77.0 Å². The van der Waals surface area contributed by atoms with Gasteiger partial charge in [-0.1, -0.05) is 236 Å². The van der Waals surface area contributed by atoms with E-state index in [1.807, 2.05) is 21.1 Å². The van der Waals surface area contributed by atoms with Gasteiger partial charge in [0.25, 0.3) is 7.82 Å². The lowest BCUT2D eigenvalue weighted by molar-refractivity contribution is -0.870. The Morgan fingerprint density at radius 2 is 0.953 bits per heavy atom. The van der Waals surface area contributed by atoms with Gasteiger partial charge in [-0.3, -0.25) is 9.36 Å². The third-order valence-corrected chi connectivity index (χ3v) is 13.0. The van der Waals surface area contributed by atoms with Crippen LogP contribution in [0.4, 0.5) is 0 Å². The standard InChI is InChI=1S/C55H105N2O6P/c1-6-8-10-12-14-16-18-20-22-24-25-26-27-28-29-30-31-33-34-36-38-40-42-44-46-48-54(58)53(52-63-64(60,61)62-51-50-57(3,4)5)56-55(59)49-47-45-43-41-39-37-35-32-23-21-19-17-15-13-11-9-7-2/h9,11,15,17,21,23,35,37,53-54,58H,6-8,10,12-14,16,18-20,22,24-34,36,38-52H2,1-5H3,(H-,56,59,60,61)/b11-9-,17-15-,23-21-,37-35-. The zero-order chi connectivity index (χ0) is 47.1. The molecule has 0 aromatic heterocycles. The predicted molar refractivity (Wildman–Crippen MR) is 274 cm³/mol. The number of allylic oxidation sites excluding steroid dienone is 8. The molecule has 0 saturated heterocycles. The Labute approximate surface area is 397 Å². The van der Waals surface area contributed by atoms with E-state index in [-0.39, 0.29) is 19.1 Å². The second-order valence-corrected chi connectivity index (χ2v) is 21.0. The number of hydrogen-bond acceptors (Lipinski definition) is 6. The summed E-state index contributed by atoms with van der Waals surface area (Å²) >= 11 is 0. The fourth-order valence-corrected chi connectivity index (χ4v) is 8.58. The number of carbonyl (C=O) groups is 1. The lowest BCUT2D eigenvalue weighted by Gasteiger charge is -2.30. The van der Waals surface area contributed by atoms with Crippen molar-refractivity contribution in [3.05, 3.63) is 48.6 Å². The van der Waals surface area contributed by atoms with Crippen LogP contribution in [0.2, 0.25) is 0 Å². The predicted octanol–water partition coefficient (Wildman–Crippen LogP) is 15.3. The molecule has 0 aliphatic heterocycles. The Balaban J connectivity index is 4.21. The lowest BCUT2D eigenvalue weighted by Crippen LogP contribution is -2.46. The van der Waals surface area contributed by atoms with Crippen molar-refractivity contribution in [2.24, 2.45) is 0 Å². The molecular formula is C55H105N2O6P. The topological polar surface area (TPSA) is 108 Å². The van der Waals surface area contributed by atoms with Crippen molar-refractivity contribution in [1.82, 2.24) is 5.32 Å². The van der Waals surface area contributed by atoms with E-state index < -0.39 is 20.0 Å². The van der Waals surface area contributed by atoms with Crippen LogP contribution in [-0.2, 0) is 18.4 Å². The number of carbonyl (C=O) groups excluding carboxylic acids is 1. The van der Waals surface area contributed by atoms with Gasteiger partial charge in [-0.15, -0.1) is 0 Å². The lowest BCUT2D eigenvalue weighted by atomic mass is 10.0. The largest absolute Gasteiger partial charge is 0.756 e. The van der Waals surface area contributed by atoms with Crippen LogP contribution in [0.1, 0.15) is 245 Å². The first kappa shape index (κ1) is 62.5. The van der Waals surface area contributed by atoms with Crippen molar-refractivity contribution in [1.29, 1.82) is 0 Å². The average molecular weight is 921 g/mol. The number of unbranched alkanes of at least 4 members (excludes halogenated alkanes) is 28. The Morgan fingerprint density at radius 3 is 1.39 bits per heavy atom. The number of aliphatic hydroxyl groups excluding tert-OH is 1. The Hall–Kier alpha value is -1.54. The van der Waals surface area contributed by atoms with Gasteiger partial charge in [0.2, 0.25) is 5.91 Å². The first-order valence-corrected chi connectivity index (χ1v) is 28.4. The fourth-order valence-electron chi connectivity index (χ4n) is 7.86. The number of likely N-dealkylation sites (N-methyl/N-ethyl adjacent to an activating group) is 1. The highest BCUT2D eigenvalue weighted by Gasteiger charge is 2.24. The number of nitrogens with zero attached hydrogens (tertiary/aromatic N) is 1. The maximum Gasteiger partial charge on any atom is 0.268 e. The number of phosphoric ester groups is 1. The summed E-state index contributed by atoms with van der Waals surface area (Å²) in [4.78, 5) is 25.5. The molecule has 0 aliphatic carbocycles. The molecule has 376 valence electrons. The SMILES string of the molecule is CC/C=C\C/C=C\C/C=C\C/C=C\CCCCCCC(=O)NC(COP(=O)([O-])OCC[N+](C)(C)C)C(O)CCCCCCCCCCCCCCCCCCCCCCCCCCC. The summed E-state index contributed by atoms with van der Waals surface area (Å²) in [5.74, 6) is -0.187. The van der Waals surface area contributed by atoms with Crippen molar-refractivity contribution < 1.29 is 32.9 Å². The van der Waals surface area contributed by atoms with E-state index >= 15 is 0 Å². The van der Waals surface area contributed by atoms with Crippen LogP contribution in [0.5, 0.6) is 0 Å². The van der Waals surface area contributed by atoms with Gasteiger partial charge >= 0.3 is 0 Å². The van der Waals surface area contributed by atoms with Crippen molar-refractivity contribution in [3.8, 4) is 0 Å². The zero-order valence-corrected chi connectivity index (χ0v) is 43.6. The highest BCUT2D eigenvalue weighted by atomic mass is 31.2. The summed E-state index contributed by atoms with van der Waals surface area (Å²) in [5, 5.41) is 14.0. The summed E-state index contributed by atoms with van der Waals surface area (Å²) in [6, 6.07) is -0.815. The molecule has 3 unspecified atom stereocenters. The van der Waals surface area contributed by atoms with Crippen LogP contribution in [-0.4, -0.2) is 68.5 Å². The minimum atomic E-state index is -4.58. The first-order chi connectivity index (χ1) is 31.0. The summed E-state index contributed by atoms with van der Waals surface area (Å²) in [5.41, 5.74) is 0. The smallest absolute Gasteiger partial charge is 0.268 e. The molecule has 8 nitrogen and oxygen atoms in total. The molecule has 2 N–H and O–H groups in total. The molecule has 3 atom stereocenters. The molecule has 0 bridgehead atoms. The Morgan fingerprint density at radius 1 is 0.562 bits per heavy atom. The molecule has 0 spiro atoms. The maximum atomic E-state index is 12.9. The van der Waals surface area contributed by atoms with Crippen LogP contribution >= 0.6 is 7.82 Å². The van der Waals surface area contributed by atoms with E-state index in [0.29, 0.717) is 23.9 Å². The number of quaternary nitrogens is 1. The fraction of sp³-hybridized carbons (Fsp3) is 0.836. The number of phosphoric acid groups is 1. The molecule has 0 heterocycles. The number of amides is 1. The second kappa shape index (κ2) is 46.6. The Kier molecular flexibility index (Phi) is 45.4. The maximum absolute atomic E-state index is 12.9. The van der Waals surface area contributed by atoms with E-state index in [2.05, 4.69) is 67.8 Å². The molecule has 0 aromatic rings. The second-order valence-electron chi connectivity index (χ2n) is 19.6. The normalized spacial score (nSPS) is 14.4. The minimum absolute atomic E-state index is 0.00566. The first-order valence-electron chi connectivity index (χ1n) is 27.0. The van der Waals surface area contributed by atoms with Crippen molar-refractivity contribution in [3.63, 3.8) is 0 Å². The summed E-state index contributed by atoms with van der Waals surface area (Å²) in [6.07, 6.45) is 59.9. The number of aliphatic hydroxyl groups is 1. The molecule has 0 aromatic carbocycles. The van der Waals surface area contributed by atoms with E-state index in [1.165, 1.54) is 141 Å². The molecule has 0 fully saturated rings. The van der Waals surface area contributed by atoms with Crippen molar-refractivity contribution in [2.75, 3.05) is 40.9 Å². The quantitative estimate of drug-likeness (QED) is 0.0272. The minimum Gasteiger partial charge on any atom is -0.756 e. The molecule has 0 radical (unpaired) electrons. The van der Waals surface area contributed by atoms with Gasteiger partial charge in [0.15, 0.2) is 0 Å². The van der Waals surface area contributed by atoms with Crippen molar-refractivity contribution in [2.45, 2.75) is 257 Å². The molecule has 1 amide bonds. The van der Waals surface area contributed by atoms with E-state index in [4.69, 9.17) is 9.05 Å². The third-order valence-electron chi connectivity index (χ3n) is 12.1. The number of nitrogens with one attached hydrogen (secondary N) is 1. The molecule has 0 saturated carbocycles. The van der Waals surface area contributed by atoms with Gasteiger partial charge in [-0.25, -0.2) is 0 Å². The van der Waals surface area contributed by atoms with Crippen LogP contribution in [0, 0.1) is 0 Å². The number of hydrogen-bond donors (Lipinski definition) is 2. The zero-order valence-electron chi connectivity index (χ0n) is 42.7. The van der Waals surface area contributed by atoms with Crippen LogP contribution in [0.25, 0.3) is 0 Å². The van der Waals surface area contributed by atoms with Crippen LogP contribution in [0.3, 0.4) is 0 Å². The van der Waals surface area contributed by atoms with Gasteiger partial charge < -0.3 is 28.8 Å². The summed E-state index contributed by atoms with van der Waals surface area (Å²) in [7, 11) is 1.29. The molecule has 9 heteroatoms. The molecule has 64 heavy (non-hydrogen) atoms. The van der Waals surface area contributed by atoms with E-state index in [1.54, 1.807) is 0 Å². The van der Waals surface area contributed by atoms with Crippen LogP contribution in [0.15, 0.2) is 48.6 Å². The summed E-state index contributed by atoms with van der Waals surface area (Å²) in [6.45, 7) is 4.61. The molecule has 0 rings (SSSR count).